The van der Waals surface area contributed by atoms with E-state index in [9.17, 15) is 0 Å². The molecule has 1 heterocycles. The quantitative estimate of drug-likeness (QED) is 0.381. The molecule has 1 nitrogen and oxygen atoms in total. The van der Waals surface area contributed by atoms with E-state index in [4.69, 9.17) is 4.74 Å². The van der Waals surface area contributed by atoms with Crippen molar-refractivity contribution in [3.8, 4) is 0 Å². The van der Waals surface area contributed by atoms with Crippen LogP contribution in [-0.4, -0.2) is 21.9 Å². The molecule has 0 aromatic heterocycles. The summed E-state index contributed by atoms with van der Waals surface area (Å²) in [5.74, 6) is 1.55. The highest BCUT2D eigenvalue weighted by Gasteiger charge is 2.51. The van der Waals surface area contributed by atoms with Crippen LogP contribution in [0.1, 0.15) is 12.8 Å². The maximum atomic E-state index is 5.60. The van der Waals surface area contributed by atoms with Gasteiger partial charge in [-0.3, -0.25) is 0 Å². The highest BCUT2D eigenvalue weighted by molar-refractivity contribution is 9.10. The first-order valence-corrected chi connectivity index (χ1v) is 6.71. The van der Waals surface area contributed by atoms with Gasteiger partial charge in [0, 0.05) is 9.65 Å². The van der Waals surface area contributed by atoms with Gasteiger partial charge < -0.3 is 4.74 Å². The van der Waals surface area contributed by atoms with Crippen LogP contribution in [0.4, 0.5) is 0 Å². The van der Waals surface area contributed by atoms with E-state index in [1.807, 2.05) is 0 Å². The van der Waals surface area contributed by atoms with Gasteiger partial charge in [0.1, 0.15) is 0 Å². The molecule has 0 aromatic rings. The van der Waals surface area contributed by atoms with Crippen molar-refractivity contribution in [3.05, 3.63) is 12.2 Å². The molecule has 2 aliphatic carbocycles. The lowest BCUT2D eigenvalue weighted by Crippen LogP contribution is -2.37. The molecule has 0 bridgehead atoms. The first kappa shape index (κ1) is 8.93. The van der Waals surface area contributed by atoms with Gasteiger partial charge in [0.15, 0.2) is 0 Å². The Morgan fingerprint density at radius 1 is 0.923 bits per heavy atom. The van der Waals surface area contributed by atoms with Crippen LogP contribution in [0, 0.1) is 11.8 Å². The Bertz CT molecular complexity index is 229. The molecular weight excluding hydrogens is 296 g/mol. The number of ether oxygens (including phenoxy) is 1. The minimum absolute atomic E-state index is 0.566. The average Bonchev–Trinajstić information content (AvgIpc) is 2.87. The SMILES string of the molecule is BrC1C=CC(Br)C2CC3OC3CC12. The van der Waals surface area contributed by atoms with E-state index in [-0.39, 0.29) is 0 Å². The lowest BCUT2D eigenvalue weighted by molar-refractivity contribution is 0.274. The monoisotopic (exact) mass is 306 g/mol. The van der Waals surface area contributed by atoms with Gasteiger partial charge in [-0.2, -0.15) is 0 Å². The highest BCUT2D eigenvalue weighted by Crippen LogP contribution is 2.50. The Labute approximate surface area is 95.2 Å². The van der Waals surface area contributed by atoms with Crippen molar-refractivity contribution in [3.63, 3.8) is 0 Å². The topological polar surface area (TPSA) is 12.5 Å². The van der Waals surface area contributed by atoms with E-state index in [0.717, 1.165) is 11.8 Å². The van der Waals surface area contributed by atoms with Gasteiger partial charge in [-0.05, 0) is 24.7 Å². The molecule has 0 amide bonds. The Balaban J connectivity index is 1.85. The molecule has 1 aliphatic heterocycles. The van der Waals surface area contributed by atoms with Crippen LogP contribution in [0.3, 0.4) is 0 Å². The van der Waals surface area contributed by atoms with Crippen molar-refractivity contribution in [2.45, 2.75) is 34.7 Å². The van der Waals surface area contributed by atoms with Gasteiger partial charge >= 0.3 is 0 Å². The summed E-state index contributed by atoms with van der Waals surface area (Å²) in [5, 5.41) is 0. The molecule has 0 spiro atoms. The third-order valence-electron chi connectivity index (χ3n) is 3.54. The fourth-order valence-electron chi connectivity index (χ4n) is 2.71. The van der Waals surface area contributed by atoms with Gasteiger partial charge in [0.25, 0.3) is 0 Å². The van der Waals surface area contributed by atoms with Gasteiger partial charge in [-0.25, -0.2) is 0 Å². The average molecular weight is 308 g/mol. The molecule has 0 aromatic carbocycles. The zero-order valence-corrected chi connectivity index (χ0v) is 10.4. The normalized spacial score (nSPS) is 58.3. The Morgan fingerprint density at radius 2 is 1.38 bits per heavy atom. The van der Waals surface area contributed by atoms with E-state index in [1.165, 1.54) is 12.8 Å². The maximum absolute atomic E-state index is 5.60. The molecule has 72 valence electrons. The van der Waals surface area contributed by atoms with Crippen LogP contribution in [-0.2, 0) is 4.74 Å². The highest BCUT2D eigenvalue weighted by atomic mass is 79.9. The Kier molecular flexibility index (Phi) is 2.11. The van der Waals surface area contributed by atoms with Crippen molar-refractivity contribution < 1.29 is 4.74 Å². The number of halogens is 2. The molecule has 3 aliphatic rings. The predicted molar refractivity (Wildman–Crippen MR) is 59.4 cm³/mol. The number of hydrogen-bond acceptors (Lipinski definition) is 1. The standard InChI is InChI=1S/C10H12Br2O/c11-7-1-2-8(12)6-4-10-9(13-10)3-5(6)7/h1-2,5-10H,3-4H2. The lowest BCUT2D eigenvalue weighted by atomic mass is 9.73. The van der Waals surface area contributed by atoms with Crippen molar-refractivity contribution >= 4 is 31.9 Å². The molecule has 0 radical (unpaired) electrons. The molecular formula is C10H12Br2O. The zero-order valence-electron chi connectivity index (χ0n) is 7.20. The summed E-state index contributed by atoms with van der Waals surface area (Å²) in [7, 11) is 0. The van der Waals surface area contributed by atoms with E-state index in [1.54, 1.807) is 0 Å². The van der Waals surface area contributed by atoms with Crippen LogP contribution in [0.5, 0.6) is 0 Å². The van der Waals surface area contributed by atoms with E-state index < -0.39 is 0 Å². The van der Waals surface area contributed by atoms with Crippen molar-refractivity contribution in [1.29, 1.82) is 0 Å². The van der Waals surface area contributed by atoms with E-state index in [2.05, 4.69) is 44.0 Å². The molecule has 1 saturated carbocycles. The molecule has 0 N–H and O–H groups in total. The predicted octanol–water partition coefficient (Wildman–Crippen LogP) is 2.88. The Hall–Kier alpha value is 0.660. The van der Waals surface area contributed by atoms with Crippen LogP contribution in [0.2, 0.25) is 0 Å². The lowest BCUT2D eigenvalue weighted by Gasteiger charge is -2.37. The summed E-state index contributed by atoms with van der Waals surface area (Å²) >= 11 is 7.48. The zero-order chi connectivity index (χ0) is 9.00. The fraction of sp³-hybridized carbons (Fsp3) is 0.800. The van der Waals surface area contributed by atoms with Crippen molar-refractivity contribution in [2.24, 2.45) is 11.8 Å². The number of fused-ring (bicyclic) bond motifs is 2. The Morgan fingerprint density at radius 3 is 1.85 bits per heavy atom. The van der Waals surface area contributed by atoms with Crippen molar-refractivity contribution in [2.75, 3.05) is 0 Å². The van der Waals surface area contributed by atoms with Crippen LogP contribution < -0.4 is 0 Å². The first-order valence-electron chi connectivity index (χ1n) is 4.87. The first-order chi connectivity index (χ1) is 6.25. The maximum Gasteiger partial charge on any atom is 0.0845 e. The number of alkyl halides is 2. The van der Waals surface area contributed by atoms with Crippen LogP contribution in [0.25, 0.3) is 0 Å². The fourth-order valence-corrected chi connectivity index (χ4v) is 4.28. The number of rotatable bonds is 0. The van der Waals surface area contributed by atoms with Crippen LogP contribution >= 0.6 is 31.9 Å². The minimum Gasteiger partial charge on any atom is -0.370 e. The molecule has 6 atom stereocenters. The molecule has 6 unspecified atom stereocenters. The molecule has 1 saturated heterocycles. The second kappa shape index (κ2) is 3.07. The number of allylic oxidation sites excluding steroid dienone is 2. The minimum atomic E-state index is 0.566. The molecule has 3 heteroatoms. The van der Waals surface area contributed by atoms with Gasteiger partial charge in [-0.15, -0.1) is 0 Å². The third-order valence-corrected chi connectivity index (χ3v) is 5.51. The van der Waals surface area contributed by atoms with E-state index >= 15 is 0 Å². The smallest absolute Gasteiger partial charge is 0.0845 e. The summed E-state index contributed by atoms with van der Waals surface area (Å²) < 4.78 is 5.60. The second-order valence-corrected chi connectivity index (χ2v) is 6.40. The largest absolute Gasteiger partial charge is 0.370 e. The van der Waals surface area contributed by atoms with E-state index in [0.29, 0.717) is 21.9 Å². The van der Waals surface area contributed by atoms with Gasteiger partial charge in [0.05, 0.1) is 12.2 Å². The third kappa shape index (κ3) is 1.44. The summed E-state index contributed by atoms with van der Waals surface area (Å²) in [5.41, 5.74) is 0. The summed E-state index contributed by atoms with van der Waals surface area (Å²) in [6.45, 7) is 0. The van der Waals surface area contributed by atoms with Gasteiger partial charge in [-0.1, -0.05) is 44.0 Å². The summed E-state index contributed by atoms with van der Waals surface area (Å²) in [4.78, 5) is 1.13. The molecule has 2 fully saturated rings. The molecule has 13 heavy (non-hydrogen) atoms. The number of hydrogen-bond donors (Lipinski definition) is 0. The van der Waals surface area contributed by atoms with Gasteiger partial charge in [0.2, 0.25) is 0 Å². The summed E-state index contributed by atoms with van der Waals surface area (Å²) in [6.07, 6.45) is 8.24. The summed E-state index contributed by atoms with van der Waals surface area (Å²) in [6, 6.07) is 0. The number of epoxide rings is 1. The second-order valence-electron chi connectivity index (χ2n) is 4.29. The molecule has 3 rings (SSSR count). The van der Waals surface area contributed by atoms with Crippen molar-refractivity contribution in [1.82, 2.24) is 0 Å². The van der Waals surface area contributed by atoms with Crippen LogP contribution in [0.15, 0.2) is 12.2 Å².